The van der Waals surface area contributed by atoms with Crippen molar-refractivity contribution in [2.45, 2.75) is 25.0 Å². The molecule has 26 heavy (non-hydrogen) atoms. The summed E-state index contributed by atoms with van der Waals surface area (Å²) in [6.45, 7) is 0.412. The molecule has 3 aromatic rings. The number of fused-ring (bicyclic) bond motifs is 1. The van der Waals surface area contributed by atoms with Crippen molar-refractivity contribution in [3.05, 3.63) is 52.6 Å². The van der Waals surface area contributed by atoms with E-state index in [1.807, 2.05) is 0 Å². The molecule has 1 radical (unpaired) electrons. The monoisotopic (exact) mass is 386 g/mol. The van der Waals surface area contributed by atoms with Crippen LogP contribution in [0, 0.1) is 0 Å². The van der Waals surface area contributed by atoms with E-state index in [2.05, 4.69) is 15.0 Å². The molecule has 0 bridgehead atoms. The van der Waals surface area contributed by atoms with Gasteiger partial charge in [-0.3, -0.25) is 14.3 Å². The smallest absolute Gasteiger partial charge is 0.332 e. The molecule has 0 aliphatic carbocycles. The molecule has 133 valence electrons. The Bertz CT molecular complexity index is 985. The average molecular weight is 386 g/mol. The number of hydrogen-bond acceptors (Lipinski definition) is 5. The number of benzene rings is 1. The molecule has 1 atom stereocenters. The van der Waals surface area contributed by atoms with Gasteiger partial charge < -0.3 is 20.1 Å². The molecule has 2 aromatic heterocycles. The Morgan fingerprint density at radius 2 is 1.96 bits per heavy atom. The van der Waals surface area contributed by atoms with Crippen LogP contribution in [-0.2, 0) is 11.1 Å². The molecule has 0 aliphatic heterocycles. The van der Waals surface area contributed by atoms with Gasteiger partial charge in [0.2, 0.25) is 5.95 Å². The zero-order valence-electron chi connectivity index (χ0n) is 14.2. The van der Waals surface area contributed by atoms with Gasteiger partial charge in [-0.25, -0.2) is 4.98 Å². The van der Waals surface area contributed by atoms with Gasteiger partial charge in [0.1, 0.15) is 0 Å². The van der Waals surface area contributed by atoms with Gasteiger partial charge in [0.05, 0.1) is 12.0 Å². The summed E-state index contributed by atoms with van der Waals surface area (Å²) in [4.78, 5) is 41.5. The number of imidazole rings is 1. The summed E-state index contributed by atoms with van der Waals surface area (Å²) in [5, 5.41) is 0. The molecule has 0 fully saturated rings. The number of nitrogens with one attached hydrogen (secondary N) is 1. The van der Waals surface area contributed by atoms with Crippen molar-refractivity contribution in [2.24, 2.45) is 0 Å². The third-order valence-electron chi connectivity index (χ3n) is 3.96. The summed E-state index contributed by atoms with van der Waals surface area (Å²) in [6, 6.07) is 8.71. The van der Waals surface area contributed by atoms with Gasteiger partial charge in [-0.1, -0.05) is 30.3 Å². The van der Waals surface area contributed by atoms with Crippen LogP contribution in [0.1, 0.15) is 24.1 Å². The second kappa shape index (κ2) is 8.47. The van der Waals surface area contributed by atoms with E-state index in [4.69, 9.17) is 5.73 Å². The number of aryl methyl sites for hydroxylation is 1. The van der Waals surface area contributed by atoms with Gasteiger partial charge in [0.15, 0.2) is 11.2 Å². The second-order valence-electron chi connectivity index (χ2n) is 5.72. The average Bonchev–Trinajstić information content (AvgIpc) is 2.94. The van der Waals surface area contributed by atoms with E-state index in [1.165, 1.54) is 6.33 Å². The number of nitrogen functional groups attached to an aromatic ring is 1. The number of hydrogen-bond donors (Lipinski definition) is 4. The Hall–Kier alpha value is -1.48. The molecule has 1 aromatic carbocycles. The maximum absolute atomic E-state index is 11.8. The van der Waals surface area contributed by atoms with Crippen LogP contribution in [0.15, 0.2) is 41.5 Å². The van der Waals surface area contributed by atoms with E-state index in [-0.39, 0.29) is 47.4 Å². The Kier molecular flexibility index (Phi) is 6.79. The summed E-state index contributed by atoms with van der Waals surface area (Å²) in [5.74, 6) is -0.00312. The minimum absolute atomic E-state index is 0. The molecule has 0 saturated heterocycles. The Balaban J connectivity index is 0.00000243. The zero-order valence-corrected chi connectivity index (χ0v) is 17.1. The van der Waals surface area contributed by atoms with E-state index in [1.54, 1.807) is 34.9 Å². The molecule has 3 rings (SSSR count). The number of anilines is 1. The molecule has 9 nitrogen and oxygen atoms in total. The molecule has 1 unspecified atom stereocenters. The van der Waals surface area contributed by atoms with Gasteiger partial charge in [-0.05, 0) is 18.4 Å². The van der Waals surface area contributed by atoms with Crippen LogP contribution in [0.25, 0.3) is 11.2 Å². The second-order valence-corrected chi connectivity index (χ2v) is 7.52. The third kappa shape index (κ3) is 4.62. The van der Waals surface area contributed by atoms with Gasteiger partial charge in [0.25, 0.3) is 5.56 Å². The van der Waals surface area contributed by atoms with E-state index in [9.17, 15) is 19.1 Å². The topological polar surface area (TPSA) is 147 Å². The van der Waals surface area contributed by atoms with E-state index in [0.717, 1.165) is 0 Å². The van der Waals surface area contributed by atoms with E-state index >= 15 is 0 Å². The molecule has 2 heterocycles. The van der Waals surface area contributed by atoms with Gasteiger partial charge in [0, 0.05) is 36.1 Å². The van der Waals surface area contributed by atoms with Crippen molar-refractivity contribution >= 4 is 54.3 Å². The van der Waals surface area contributed by atoms with Crippen LogP contribution in [0.5, 0.6) is 0 Å². The zero-order chi connectivity index (χ0) is 18.0. The Morgan fingerprint density at radius 3 is 2.62 bits per heavy atom. The summed E-state index contributed by atoms with van der Waals surface area (Å²) >= 11 is 0. The molecule has 0 aliphatic rings. The first kappa shape index (κ1) is 20.8. The Labute approximate surface area is 171 Å². The summed E-state index contributed by atoms with van der Waals surface area (Å²) in [6.07, 6.45) is 2.23. The fraction of sp³-hybridized carbons (Fsp3) is 0.267. The van der Waals surface area contributed by atoms with Crippen molar-refractivity contribution in [1.29, 1.82) is 0 Å². The van der Waals surface area contributed by atoms with Crippen molar-refractivity contribution in [3.63, 3.8) is 0 Å². The van der Waals surface area contributed by atoms with Gasteiger partial charge >= 0.3 is 7.60 Å². The van der Waals surface area contributed by atoms with Crippen LogP contribution in [0.4, 0.5) is 5.95 Å². The quantitative estimate of drug-likeness (QED) is 0.365. The fourth-order valence-corrected chi connectivity index (χ4v) is 3.87. The number of rotatable bonds is 6. The normalized spacial score (nSPS) is 12.7. The van der Waals surface area contributed by atoms with Gasteiger partial charge in [-0.15, -0.1) is 0 Å². The van der Waals surface area contributed by atoms with E-state index < -0.39 is 18.8 Å². The molecule has 0 amide bonds. The van der Waals surface area contributed by atoms with Gasteiger partial charge in [-0.2, -0.15) is 4.98 Å². The van der Waals surface area contributed by atoms with Crippen LogP contribution in [0.3, 0.4) is 0 Å². The van der Waals surface area contributed by atoms with Crippen molar-refractivity contribution < 1.29 is 14.4 Å². The minimum Gasteiger partial charge on any atom is -0.369 e. The largest absolute Gasteiger partial charge is 0.369 e. The Morgan fingerprint density at radius 1 is 1.27 bits per heavy atom. The van der Waals surface area contributed by atoms with Crippen molar-refractivity contribution in [3.8, 4) is 0 Å². The SMILES string of the molecule is Nc1nc2c(ncn2CCCC(c2ccccc2)P(=O)(O)O)c(=O)[nH]1.[Na]. The maximum atomic E-state index is 11.8. The predicted molar refractivity (Wildman–Crippen MR) is 98.8 cm³/mol. The number of aromatic amines is 1. The molecule has 0 spiro atoms. The van der Waals surface area contributed by atoms with E-state index in [0.29, 0.717) is 24.2 Å². The number of nitrogens with two attached hydrogens (primary N) is 1. The first-order valence-electron chi connectivity index (χ1n) is 7.67. The number of nitrogens with zero attached hydrogens (tertiary/aromatic N) is 3. The fourth-order valence-electron chi connectivity index (χ4n) is 2.79. The standard InChI is InChI=1S/C15H18N5O4P.Na/c16-15-18-13-12(14(21)19-15)17-9-20(13)8-4-7-11(25(22,23)24)10-5-2-1-3-6-10;/h1-3,5-6,9,11H,4,7-8H2,(H2,22,23,24)(H3,16,18,19,21);. The third-order valence-corrected chi connectivity index (χ3v) is 5.33. The minimum atomic E-state index is -4.28. The van der Waals surface area contributed by atoms with Crippen LogP contribution in [0.2, 0.25) is 0 Å². The molecule has 11 heteroatoms. The number of aromatic nitrogens is 4. The molecular formula is C15H18N5NaO4P. The number of H-pyrrole nitrogens is 1. The van der Waals surface area contributed by atoms with Crippen LogP contribution < -0.4 is 11.3 Å². The molecule has 0 saturated carbocycles. The first-order chi connectivity index (χ1) is 11.9. The summed E-state index contributed by atoms with van der Waals surface area (Å²) < 4.78 is 13.5. The van der Waals surface area contributed by atoms with Crippen LogP contribution >= 0.6 is 7.60 Å². The van der Waals surface area contributed by atoms with Crippen LogP contribution in [-0.4, -0.2) is 58.9 Å². The molecular weight excluding hydrogens is 368 g/mol. The maximum Gasteiger partial charge on any atom is 0.332 e. The first-order valence-corrected chi connectivity index (χ1v) is 9.35. The molecule has 5 N–H and O–H groups in total. The predicted octanol–water partition coefficient (Wildman–Crippen LogP) is 1.02. The van der Waals surface area contributed by atoms with Crippen molar-refractivity contribution in [1.82, 2.24) is 19.5 Å². The summed E-state index contributed by atoms with van der Waals surface area (Å²) in [5.41, 5.74) is 5.40. The summed E-state index contributed by atoms with van der Waals surface area (Å²) in [7, 11) is -4.28. The van der Waals surface area contributed by atoms with Crippen molar-refractivity contribution in [2.75, 3.05) is 5.73 Å².